The molecular weight excluding hydrogens is 176 g/mol. The fourth-order valence-corrected chi connectivity index (χ4v) is 1.97. The van der Waals surface area contributed by atoms with Crippen molar-refractivity contribution in [1.29, 1.82) is 0 Å². The Morgan fingerprint density at radius 2 is 2.29 bits per heavy atom. The molecule has 1 aliphatic rings. The molecule has 2 rings (SSSR count). The number of aliphatic hydroxyl groups excluding tert-OH is 1. The molecule has 78 valence electrons. The van der Waals surface area contributed by atoms with E-state index in [2.05, 4.69) is 23.8 Å². The molecule has 2 N–H and O–H groups in total. The van der Waals surface area contributed by atoms with E-state index >= 15 is 0 Å². The third-order valence-electron chi connectivity index (χ3n) is 3.33. The molecule has 0 aliphatic heterocycles. The highest BCUT2D eigenvalue weighted by Crippen LogP contribution is 2.41. The minimum atomic E-state index is -0.0485. The predicted molar refractivity (Wildman–Crippen MR) is 55.3 cm³/mol. The van der Waals surface area contributed by atoms with Gasteiger partial charge in [-0.15, -0.1) is 0 Å². The Labute approximate surface area is 84.6 Å². The first-order valence-corrected chi connectivity index (χ1v) is 5.34. The molecule has 3 heteroatoms. The maximum atomic E-state index is 9.38. The molecule has 1 fully saturated rings. The summed E-state index contributed by atoms with van der Waals surface area (Å²) in [6.07, 6.45) is 5.23. The monoisotopic (exact) mass is 194 g/mol. The molecule has 1 saturated carbocycles. The predicted octanol–water partition coefficient (Wildman–Crippen LogP) is 1.95. The highest BCUT2D eigenvalue weighted by Gasteiger charge is 2.40. The lowest BCUT2D eigenvalue weighted by molar-refractivity contribution is 0.113. The first-order chi connectivity index (χ1) is 6.68. The first kappa shape index (κ1) is 9.71. The number of aromatic nitrogens is 2. The van der Waals surface area contributed by atoms with Crippen molar-refractivity contribution in [2.24, 2.45) is 0 Å². The Morgan fingerprint density at radius 1 is 1.57 bits per heavy atom. The lowest BCUT2D eigenvalue weighted by Gasteiger charge is -2.38. The normalized spacial score (nSPS) is 19.7. The summed E-state index contributed by atoms with van der Waals surface area (Å²) in [4.78, 5) is 7.72. The number of hydrogen-bond donors (Lipinski definition) is 2. The molecular formula is C11H18N2O. The first-order valence-electron chi connectivity index (χ1n) is 5.34. The Balaban J connectivity index is 2.23. The Hall–Kier alpha value is -0.830. The highest BCUT2D eigenvalue weighted by molar-refractivity contribution is 5.17. The van der Waals surface area contributed by atoms with Gasteiger partial charge in [0.25, 0.3) is 0 Å². The van der Waals surface area contributed by atoms with Crippen LogP contribution in [0.5, 0.6) is 0 Å². The van der Waals surface area contributed by atoms with Crippen LogP contribution in [0.1, 0.15) is 50.5 Å². The third-order valence-corrected chi connectivity index (χ3v) is 3.33. The lowest BCUT2D eigenvalue weighted by atomic mass is 9.69. The molecule has 1 heterocycles. The van der Waals surface area contributed by atoms with Crippen LogP contribution in [0.25, 0.3) is 0 Å². The molecule has 0 atom stereocenters. The highest BCUT2D eigenvalue weighted by atomic mass is 16.3. The summed E-state index contributed by atoms with van der Waals surface area (Å²) in [5.74, 6) is 1.46. The van der Waals surface area contributed by atoms with Gasteiger partial charge in [-0.3, -0.25) is 0 Å². The van der Waals surface area contributed by atoms with E-state index in [-0.39, 0.29) is 12.0 Å². The van der Waals surface area contributed by atoms with Gasteiger partial charge in [-0.2, -0.15) is 0 Å². The number of imidazole rings is 1. The van der Waals surface area contributed by atoms with E-state index in [9.17, 15) is 5.11 Å². The van der Waals surface area contributed by atoms with Crippen molar-refractivity contribution < 1.29 is 5.11 Å². The van der Waals surface area contributed by atoms with Crippen LogP contribution in [0.4, 0.5) is 0 Å². The van der Waals surface area contributed by atoms with Crippen molar-refractivity contribution in [3.8, 4) is 0 Å². The fourth-order valence-electron chi connectivity index (χ4n) is 1.97. The molecule has 0 aromatic carbocycles. The second kappa shape index (κ2) is 3.39. The van der Waals surface area contributed by atoms with Gasteiger partial charge >= 0.3 is 0 Å². The second-order valence-corrected chi connectivity index (χ2v) is 4.63. The van der Waals surface area contributed by atoms with Gasteiger partial charge in [-0.1, -0.05) is 20.3 Å². The standard InChI is InChI=1S/C11H18N2O/c1-8(2)9-6-12-10(13-9)11(7-14)4-3-5-11/h6,8,14H,3-5,7H2,1-2H3,(H,12,13). The van der Waals surface area contributed by atoms with Crippen molar-refractivity contribution in [1.82, 2.24) is 9.97 Å². The van der Waals surface area contributed by atoms with E-state index < -0.39 is 0 Å². The molecule has 3 nitrogen and oxygen atoms in total. The van der Waals surface area contributed by atoms with Crippen molar-refractivity contribution in [2.75, 3.05) is 6.61 Å². The summed E-state index contributed by atoms with van der Waals surface area (Å²) in [6, 6.07) is 0. The number of hydrogen-bond acceptors (Lipinski definition) is 2. The third kappa shape index (κ3) is 1.36. The van der Waals surface area contributed by atoms with Gasteiger partial charge in [-0.25, -0.2) is 4.98 Å². The summed E-state index contributed by atoms with van der Waals surface area (Å²) >= 11 is 0. The molecule has 0 radical (unpaired) electrons. The average Bonchev–Trinajstić information content (AvgIpc) is 2.52. The summed E-state index contributed by atoms with van der Waals surface area (Å²) in [5.41, 5.74) is 1.12. The van der Waals surface area contributed by atoms with Gasteiger partial charge in [0.2, 0.25) is 0 Å². The van der Waals surface area contributed by atoms with Crippen LogP contribution in [0.3, 0.4) is 0 Å². The zero-order valence-corrected chi connectivity index (χ0v) is 8.88. The fraction of sp³-hybridized carbons (Fsp3) is 0.727. The summed E-state index contributed by atoms with van der Waals surface area (Å²) in [6.45, 7) is 4.51. The maximum absolute atomic E-state index is 9.38. The lowest BCUT2D eigenvalue weighted by Crippen LogP contribution is -2.39. The topological polar surface area (TPSA) is 48.9 Å². The van der Waals surface area contributed by atoms with E-state index in [0.717, 1.165) is 18.7 Å². The van der Waals surface area contributed by atoms with Gasteiger partial charge in [-0.05, 0) is 18.8 Å². The van der Waals surface area contributed by atoms with Crippen LogP contribution in [0.15, 0.2) is 6.20 Å². The number of rotatable bonds is 3. The number of aliphatic hydroxyl groups is 1. The zero-order valence-electron chi connectivity index (χ0n) is 8.88. The Bertz CT molecular complexity index is 307. The van der Waals surface area contributed by atoms with E-state index in [4.69, 9.17) is 0 Å². The molecule has 14 heavy (non-hydrogen) atoms. The maximum Gasteiger partial charge on any atom is 0.114 e. The van der Waals surface area contributed by atoms with Crippen molar-refractivity contribution in [3.05, 3.63) is 17.7 Å². The molecule has 0 saturated heterocycles. The molecule has 1 aliphatic carbocycles. The molecule has 1 aromatic heterocycles. The largest absolute Gasteiger partial charge is 0.395 e. The molecule has 0 bridgehead atoms. The number of nitrogens with zero attached hydrogens (tertiary/aromatic N) is 1. The van der Waals surface area contributed by atoms with Gasteiger partial charge in [0.15, 0.2) is 0 Å². The summed E-state index contributed by atoms with van der Waals surface area (Å²) < 4.78 is 0. The van der Waals surface area contributed by atoms with Crippen LogP contribution in [0, 0.1) is 0 Å². The van der Waals surface area contributed by atoms with Gasteiger partial charge < -0.3 is 10.1 Å². The summed E-state index contributed by atoms with van der Waals surface area (Å²) in [7, 11) is 0. The average molecular weight is 194 g/mol. The Morgan fingerprint density at radius 3 is 2.64 bits per heavy atom. The smallest absolute Gasteiger partial charge is 0.114 e. The molecule has 0 spiro atoms. The molecule has 0 amide bonds. The molecule has 0 unspecified atom stereocenters. The number of nitrogens with one attached hydrogen (secondary N) is 1. The van der Waals surface area contributed by atoms with Gasteiger partial charge in [0.1, 0.15) is 5.82 Å². The quantitative estimate of drug-likeness (QED) is 0.772. The van der Waals surface area contributed by atoms with E-state index in [1.165, 1.54) is 12.1 Å². The number of aromatic amines is 1. The number of H-pyrrole nitrogens is 1. The van der Waals surface area contributed by atoms with E-state index in [0.29, 0.717) is 5.92 Å². The van der Waals surface area contributed by atoms with E-state index in [1.54, 1.807) is 0 Å². The molecule has 1 aromatic rings. The van der Waals surface area contributed by atoms with Gasteiger partial charge in [0.05, 0.1) is 12.0 Å². The summed E-state index contributed by atoms with van der Waals surface area (Å²) in [5, 5.41) is 9.38. The minimum Gasteiger partial charge on any atom is -0.395 e. The zero-order chi connectivity index (χ0) is 10.2. The Kier molecular flexibility index (Phi) is 2.35. The minimum absolute atomic E-state index is 0.0485. The van der Waals surface area contributed by atoms with Crippen molar-refractivity contribution in [3.63, 3.8) is 0 Å². The van der Waals surface area contributed by atoms with Crippen LogP contribution in [0.2, 0.25) is 0 Å². The van der Waals surface area contributed by atoms with Crippen LogP contribution in [-0.4, -0.2) is 21.7 Å². The van der Waals surface area contributed by atoms with E-state index in [1.807, 2.05) is 6.20 Å². The van der Waals surface area contributed by atoms with Crippen LogP contribution in [-0.2, 0) is 5.41 Å². The van der Waals surface area contributed by atoms with Crippen LogP contribution < -0.4 is 0 Å². The van der Waals surface area contributed by atoms with Crippen molar-refractivity contribution in [2.45, 2.75) is 44.4 Å². The SMILES string of the molecule is CC(C)c1cnc(C2(CO)CCC2)[nH]1. The second-order valence-electron chi connectivity index (χ2n) is 4.63. The van der Waals surface area contributed by atoms with Crippen LogP contribution >= 0.6 is 0 Å². The van der Waals surface area contributed by atoms with Crippen molar-refractivity contribution >= 4 is 0 Å². The van der Waals surface area contributed by atoms with Gasteiger partial charge in [0, 0.05) is 11.9 Å².